The lowest BCUT2D eigenvalue weighted by Crippen LogP contribution is -2.39. The summed E-state index contributed by atoms with van der Waals surface area (Å²) >= 11 is 6.80. The van der Waals surface area contributed by atoms with Crippen LogP contribution in [0.3, 0.4) is 0 Å². The number of ether oxygens (including phenoxy) is 1. The van der Waals surface area contributed by atoms with E-state index in [0.717, 1.165) is 22.2 Å². The zero-order valence-corrected chi connectivity index (χ0v) is 15.4. The van der Waals surface area contributed by atoms with Crippen molar-refractivity contribution >= 4 is 46.4 Å². The van der Waals surface area contributed by atoms with Gasteiger partial charge in [0.05, 0.1) is 11.2 Å². The zero-order chi connectivity index (χ0) is 18.7. The van der Waals surface area contributed by atoms with Crippen molar-refractivity contribution in [2.45, 2.75) is 18.3 Å². The predicted molar refractivity (Wildman–Crippen MR) is 95.9 cm³/mol. The first-order valence-corrected chi connectivity index (χ1v) is 9.46. The molecule has 1 saturated carbocycles. The van der Waals surface area contributed by atoms with E-state index < -0.39 is 23.9 Å². The van der Waals surface area contributed by atoms with E-state index in [1.165, 1.54) is 0 Å². The summed E-state index contributed by atoms with van der Waals surface area (Å²) in [7, 11) is 0. The van der Waals surface area contributed by atoms with Gasteiger partial charge in [0.2, 0.25) is 5.91 Å². The normalized spacial score (nSPS) is 18.0. The number of nitrogens with zero attached hydrogens (tertiary/aromatic N) is 1. The summed E-state index contributed by atoms with van der Waals surface area (Å²) < 4.78 is 5.14. The molecule has 9 heteroatoms. The zero-order valence-electron chi connectivity index (χ0n) is 13.8. The molecule has 3 amide bonds. The quantitative estimate of drug-likeness (QED) is 0.705. The molecule has 0 bridgehead atoms. The number of esters is 1. The van der Waals surface area contributed by atoms with Gasteiger partial charge in [0.1, 0.15) is 0 Å². The molecule has 1 heterocycles. The van der Waals surface area contributed by atoms with Crippen LogP contribution in [-0.4, -0.2) is 53.4 Å². The second kappa shape index (κ2) is 7.67. The third-order valence-electron chi connectivity index (χ3n) is 4.37. The fourth-order valence-electron chi connectivity index (χ4n) is 2.73. The van der Waals surface area contributed by atoms with E-state index in [4.69, 9.17) is 16.3 Å². The molecule has 0 unspecified atom stereocenters. The molecule has 26 heavy (non-hydrogen) atoms. The van der Waals surface area contributed by atoms with Crippen LogP contribution in [0.15, 0.2) is 24.3 Å². The van der Waals surface area contributed by atoms with Gasteiger partial charge in [-0.3, -0.25) is 24.1 Å². The SMILES string of the molecule is O=C(COC(=O)C1(c2ccc(Cl)cc2)CC1)NCCN1C(=O)CSC1=O. The summed E-state index contributed by atoms with van der Waals surface area (Å²) in [6.45, 7) is -0.166. The van der Waals surface area contributed by atoms with E-state index in [9.17, 15) is 19.2 Å². The molecule has 1 N–H and O–H groups in total. The highest BCUT2D eigenvalue weighted by Gasteiger charge is 2.52. The predicted octanol–water partition coefficient (Wildman–Crippen LogP) is 1.73. The van der Waals surface area contributed by atoms with Crippen LogP contribution in [0.25, 0.3) is 0 Å². The molecule has 1 aliphatic carbocycles. The molecule has 0 spiro atoms. The molecule has 1 aliphatic heterocycles. The first kappa shape index (κ1) is 18.7. The van der Waals surface area contributed by atoms with Gasteiger partial charge in [-0.2, -0.15) is 0 Å². The van der Waals surface area contributed by atoms with E-state index in [-0.39, 0.29) is 30.0 Å². The Kier molecular flexibility index (Phi) is 5.52. The molecule has 2 fully saturated rings. The Morgan fingerprint density at radius 3 is 2.50 bits per heavy atom. The van der Waals surface area contributed by atoms with E-state index in [1.807, 2.05) is 0 Å². The summed E-state index contributed by atoms with van der Waals surface area (Å²) in [5.41, 5.74) is 0.145. The van der Waals surface area contributed by atoms with Crippen LogP contribution in [0, 0.1) is 0 Å². The third-order valence-corrected chi connectivity index (χ3v) is 5.48. The minimum absolute atomic E-state index is 0.110. The Bertz CT molecular complexity index is 732. The van der Waals surface area contributed by atoms with Crippen LogP contribution in [0.1, 0.15) is 18.4 Å². The second-order valence-electron chi connectivity index (χ2n) is 6.12. The number of amides is 3. The van der Waals surface area contributed by atoms with Crippen LogP contribution in [0.4, 0.5) is 4.79 Å². The Labute approximate surface area is 159 Å². The van der Waals surface area contributed by atoms with E-state index in [1.54, 1.807) is 24.3 Å². The molecule has 1 aromatic carbocycles. The summed E-state index contributed by atoms with van der Waals surface area (Å²) in [5, 5.41) is 2.81. The first-order valence-electron chi connectivity index (χ1n) is 8.09. The molecule has 0 atom stereocenters. The largest absolute Gasteiger partial charge is 0.455 e. The Morgan fingerprint density at radius 1 is 1.23 bits per heavy atom. The minimum Gasteiger partial charge on any atom is -0.455 e. The van der Waals surface area contributed by atoms with Gasteiger partial charge in [-0.15, -0.1) is 0 Å². The molecule has 0 aromatic heterocycles. The van der Waals surface area contributed by atoms with Crippen molar-refractivity contribution in [2.75, 3.05) is 25.4 Å². The first-order chi connectivity index (χ1) is 12.4. The Balaban J connectivity index is 1.43. The molecule has 1 aromatic rings. The van der Waals surface area contributed by atoms with Crippen molar-refractivity contribution < 1.29 is 23.9 Å². The van der Waals surface area contributed by atoms with Crippen LogP contribution in [0.5, 0.6) is 0 Å². The van der Waals surface area contributed by atoms with E-state index in [2.05, 4.69) is 5.32 Å². The highest BCUT2D eigenvalue weighted by atomic mass is 35.5. The second-order valence-corrected chi connectivity index (χ2v) is 7.48. The number of halogens is 1. The van der Waals surface area contributed by atoms with Gasteiger partial charge in [-0.1, -0.05) is 35.5 Å². The minimum atomic E-state index is -0.684. The van der Waals surface area contributed by atoms with Gasteiger partial charge in [0.25, 0.3) is 11.1 Å². The number of rotatable bonds is 7. The maximum Gasteiger partial charge on any atom is 0.317 e. The lowest BCUT2D eigenvalue weighted by atomic mass is 9.96. The topological polar surface area (TPSA) is 92.8 Å². The third kappa shape index (κ3) is 4.02. The van der Waals surface area contributed by atoms with Gasteiger partial charge in [0, 0.05) is 18.1 Å². The number of carbonyl (C=O) groups excluding carboxylic acids is 4. The van der Waals surface area contributed by atoms with Crippen molar-refractivity contribution in [1.82, 2.24) is 10.2 Å². The number of benzene rings is 1. The monoisotopic (exact) mass is 396 g/mol. The number of carbonyl (C=O) groups is 4. The highest BCUT2D eigenvalue weighted by molar-refractivity contribution is 8.14. The molecule has 3 rings (SSSR count). The maximum atomic E-state index is 12.4. The number of imide groups is 1. The summed E-state index contributed by atoms with van der Waals surface area (Å²) in [4.78, 5) is 48.1. The lowest BCUT2D eigenvalue weighted by molar-refractivity contribution is -0.151. The smallest absolute Gasteiger partial charge is 0.317 e. The van der Waals surface area contributed by atoms with E-state index in [0.29, 0.717) is 17.9 Å². The van der Waals surface area contributed by atoms with Crippen molar-refractivity contribution in [3.05, 3.63) is 34.9 Å². The number of hydrogen-bond donors (Lipinski definition) is 1. The molecule has 1 saturated heterocycles. The molecule has 2 aliphatic rings. The van der Waals surface area contributed by atoms with Gasteiger partial charge >= 0.3 is 5.97 Å². The van der Waals surface area contributed by atoms with Gasteiger partial charge in [-0.05, 0) is 30.5 Å². The van der Waals surface area contributed by atoms with E-state index >= 15 is 0 Å². The van der Waals surface area contributed by atoms with Crippen LogP contribution >= 0.6 is 23.4 Å². The number of thioether (sulfide) groups is 1. The van der Waals surface area contributed by atoms with Crippen molar-refractivity contribution in [3.8, 4) is 0 Å². The average Bonchev–Trinajstić information content (AvgIpc) is 3.37. The summed E-state index contributed by atoms with van der Waals surface area (Å²) in [6.07, 6.45) is 1.35. The van der Waals surface area contributed by atoms with Gasteiger partial charge in [0.15, 0.2) is 6.61 Å². The fraction of sp³-hybridized carbons (Fsp3) is 0.412. The summed E-state index contributed by atoms with van der Waals surface area (Å²) in [5.74, 6) is -1.04. The summed E-state index contributed by atoms with van der Waals surface area (Å²) in [6, 6.07) is 7.02. The Morgan fingerprint density at radius 2 is 1.92 bits per heavy atom. The molecular weight excluding hydrogens is 380 g/mol. The lowest BCUT2D eigenvalue weighted by Gasteiger charge is -2.16. The van der Waals surface area contributed by atoms with Gasteiger partial charge < -0.3 is 10.1 Å². The van der Waals surface area contributed by atoms with Crippen molar-refractivity contribution in [1.29, 1.82) is 0 Å². The molecular formula is C17H17ClN2O5S. The maximum absolute atomic E-state index is 12.4. The Hall–Kier alpha value is -2.06. The van der Waals surface area contributed by atoms with Crippen molar-refractivity contribution in [2.24, 2.45) is 0 Å². The van der Waals surface area contributed by atoms with Crippen LogP contribution in [-0.2, 0) is 24.5 Å². The number of hydrogen-bond acceptors (Lipinski definition) is 6. The molecule has 7 nitrogen and oxygen atoms in total. The van der Waals surface area contributed by atoms with Crippen LogP contribution in [0.2, 0.25) is 5.02 Å². The molecule has 138 valence electrons. The van der Waals surface area contributed by atoms with Crippen molar-refractivity contribution in [3.63, 3.8) is 0 Å². The molecule has 0 radical (unpaired) electrons. The van der Waals surface area contributed by atoms with Gasteiger partial charge in [-0.25, -0.2) is 0 Å². The van der Waals surface area contributed by atoms with Crippen LogP contribution < -0.4 is 5.32 Å². The average molecular weight is 397 g/mol. The number of nitrogens with one attached hydrogen (secondary N) is 1. The highest BCUT2D eigenvalue weighted by Crippen LogP contribution is 2.49. The fourth-order valence-corrected chi connectivity index (χ4v) is 3.61. The standard InChI is InChI=1S/C17H17ClN2O5S/c18-12-3-1-11(2-4-12)17(5-6-17)15(23)25-9-13(21)19-7-8-20-14(22)10-26-16(20)24/h1-4H,5-10H2,(H,19,21).